The third kappa shape index (κ3) is 6.29. The standard InChI is InChI=1S/C21H24ClNO4/c1-4-26-20(25)21(2,3)27-18-11-5-15(6-12-18)13-14-23-19(24)16-7-9-17(22)10-8-16/h5-12H,4,13-14H2,1-3H3,(H,23,24)/i7D,8D,9D,10D. The van der Waals surface area contributed by atoms with Crippen LogP contribution < -0.4 is 10.1 Å². The van der Waals surface area contributed by atoms with Crippen molar-refractivity contribution in [1.29, 1.82) is 0 Å². The van der Waals surface area contributed by atoms with E-state index < -0.39 is 41.6 Å². The van der Waals surface area contributed by atoms with Gasteiger partial charge in [-0.15, -0.1) is 0 Å². The molecular weight excluding hydrogens is 366 g/mol. The summed E-state index contributed by atoms with van der Waals surface area (Å²) in [6, 6.07) is 5.15. The van der Waals surface area contributed by atoms with Crippen LogP contribution in [0.1, 0.15) is 42.2 Å². The molecule has 0 bridgehead atoms. The zero-order valence-corrected chi connectivity index (χ0v) is 16.2. The fourth-order valence-corrected chi connectivity index (χ4v) is 2.28. The fourth-order valence-electron chi connectivity index (χ4n) is 2.18. The lowest BCUT2D eigenvalue weighted by Gasteiger charge is -2.24. The third-order valence-corrected chi connectivity index (χ3v) is 3.77. The molecule has 2 aromatic rings. The van der Waals surface area contributed by atoms with E-state index in [1.54, 1.807) is 45.0 Å². The zero-order chi connectivity index (χ0) is 23.3. The van der Waals surface area contributed by atoms with Crippen molar-refractivity contribution in [1.82, 2.24) is 5.32 Å². The highest BCUT2D eigenvalue weighted by atomic mass is 35.5. The maximum atomic E-state index is 12.4. The predicted molar refractivity (Wildman–Crippen MR) is 105 cm³/mol. The molecule has 27 heavy (non-hydrogen) atoms. The Labute approximate surface area is 170 Å². The summed E-state index contributed by atoms with van der Waals surface area (Å²) in [6.45, 7) is 5.45. The number of carbonyl (C=O) groups excluding carboxylic acids is 2. The number of esters is 1. The van der Waals surface area contributed by atoms with Crippen molar-refractivity contribution in [3.63, 3.8) is 0 Å². The summed E-state index contributed by atoms with van der Waals surface area (Å²) < 4.78 is 41.9. The first-order chi connectivity index (χ1) is 14.5. The average Bonchev–Trinajstić information content (AvgIpc) is 2.72. The van der Waals surface area contributed by atoms with Crippen molar-refractivity contribution >= 4 is 23.5 Å². The summed E-state index contributed by atoms with van der Waals surface area (Å²) >= 11 is 5.75. The summed E-state index contributed by atoms with van der Waals surface area (Å²) in [7, 11) is 0. The highest BCUT2D eigenvalue weighted by molar-refractivity contribution is 6.30. The van der Waals surface area contributed by atoms with Gasteiger partial charge in [-0.05, 0) is 69.1 Å². The first-order valence-corrected chi connectivity index (χ1v) is 8.86. The van der Waals surface area contributed by atoms with Crippen molar-refractivity contribution < 1.29 is 24.5 Å². The number of benzene rings is 2. The van der Waals surface area contributed by atoms with Gasteiger partial charge in [-0.3, -0.25) is 4.79 Å². The first kappa shape index (κ1) is 15.5. The van der Waals surface area contributed by atoms with Crippen LogP contribution in [0.25, 0.3) is 0 Å². The maximum Gasteiger partial charge on any atom is 0.349 e. The quantitative estimate of drug-likeness (QED) is 0.687. The maximum absolute atomic E-state index is 12.4. The van der Waals surface area contributed by atoms with Crippen LogP contribution in [-0.4, -0.2) is 30.6 Å². The Morgan fingerprint density at radius 3 is 2.37 bits per heavy atom. The van der Waals surface area contributed by atoms with Crippen LogP contribution in [0.15, 0.2) is 48.4 Å². The molecule has 144 valence electrons. The van der Waals surface area contributed by atoms with Crippen molar-refractivity contribution in [2.75, 3.05) is 13.2 Å². The molecule has 0 aliphatic carbocycles. The summed E-state index contributed by atoms with van der Waals surface area (Å²) in [5, 5.41) is 2.28. The number of hydrogen-bond acceptors (Lipinski definition) is 4. The van der Waals surface area contributed by atoms with Gasteiger partial charge >= 0.3 is 5.97 Å². The Morgan fingerprint density at radius 1 is 1.15 bits per heavy atom. The SMILES string of the molecule is [2H]c1c([2H])c(C(=O)NCCc2ccc(OC(C)(C)C(=O)OCC)cc2)c([2H])c([2H])c1Cl. The number of rotatable bonds is 8. The van der Waals surface area contributed by atoms with Crippen LogP contribution in [0.5, 0.6) is 5.75 Å². The fraction of sp³-hybridized carbons (Fsp3) is 0.333. The van der Waals surface area contributed by atoms with E-state index in [0.29, 0.717) is 12.2 Å². The number of nitrogens with one attached hydrogen (secondary N) is 1. The molecule has 0 spiro atoms. The third-order valence-electron chi connectivity index (χ3n) is 3.58. The molecule has 0 saturated carbocycles. The van der Waals surface area contributed by atoms with E-state index in [-0.39, 0.29) is 23.7 Å². The molecule has 0 atom stereocenters. The van der Waals surface area contributed by atoms with Crippen LogP contribution >= 0.6 is 11.6 Å². The predicted octanol–water partition coefficient (Wildman–Crippen LogP) is 4.03. The molecule has 0 aliphatic rings. The van der Waals surface area contributed by atoms with Gasteiger partial charge in [0.25, 0.3) is 5.91 Å². The number of carbonyl (C=O) groups is 2. The van der Waals surface area contributed by atoms with E-state index in [2.05, 4.69) is 5.32 Å². The lowest BCUT2D eigenvalue weighted by molar-refractivity contribution is -0.158. The highest BCUT2D eigenvalue weighted by Gasteiger charge is 2.31. The van der Waals surface area contributed by atoms with E-state index in [1.165, 1.54) is 0 Å². The van der Waals surface area contributed by atoms with Crippen LogP contribution in [0.2, 0.25) is 5.02 Å². The van der Waals surface area contributed by atoms with Crippen LogP contribution in [0.4, 0.5) is 0 Å². The Bertz CT molecular complexity index is 951. The molecule has 1 N–H and O–H groups in total. The van der Waals surface area contributed by atoms with Gasteiger partial charge in [0.2, 0.25) is 0 Å². The molecule has 0 unspecified atom stereocenters. The van der Waals surface area contributed by atoms with E-state index in [9.17, 15) is 9.59 Å². The average molecular weight is 394 g/mol. The molecular formula is C21H24ClNO4. The summed E-state index contributed by atoms with van der Waals surface area (Å²) in [4.78, 5) is 24.3. The normalized spacial score (nSPS) is 13.0. The van der Waals surface area contributed by atoms with Gasteiger partial charge in [0, 0.05) is 17.1 Å². The van der Waals surface area contributed by atoms with Gasteiger partial charge in [0.05, 0.1) is 12.1 Å². The minimum atomic E-state index is -1.13. The van der Waals surface area contributed by atoms with Gasteiger partial charge in [-0.1, -0.05) is 23.7 Å². The Balaban J connectivity index is 1.98. The largest absolute Gasteiger partial charge is 0.476 e. The molecule has 0 saturated heterocycles. The van der Waals surface area contributed by atoms with Crippen LogP contribution in [0.3, 0.4) is 0 Å². The highest BCUT2D eigenvalue weighted by Crippen LogP contribution is 2.20. The second-order valence-corrected chi connectivity index (χ2v) is 6.55. The van der Waals surface area contributed by atoms with E-state index in [4.69, 9.17) is 26.6 Å². The summed E-state index contributed by atoms with van der Waals surface area (Å²) in [5.74, 6) is -0.668. The number of amides is 1. The monoisotopic (exact) mass is 393 g/mol. The van der Waals surface area contributed by atoms with Crippen molar-refractivity contribution in [2.45, 2.75) is 32.8 Å². The lowest BCUT2D eigenvalue weighted by Crippen LogP contribution is -2.39. The Hall–Kier alpha value is -2.53. The first-order valence-electron chi connectivity index (χ1n) is 10.5. The van der Waals surface area contributed by atoms with Gasteiger partial charge in [0.1, 0.15) is 5.75 Å². The zero-order valence-electron chi connectivity index (χ0n) is 19.4. The van der Waals surface area contributed by atoms with Gasteiger partial charge in [-0.2, -0.15) is 0 Å². The summed E-state index contributed by atoms with van der Waals surface area (Å²) in [6.07, 6.45) is 0.461. The topological polar surface area (TPSA) is 64.6 Å². The van der Waals surface area contributed by atoms with Gasteiger partial charge < -0.3 is 14.8 Å². The molecule has 1 amide bonds. The lowest BCUT2D eigenvalue weighted by atomic mass is 10.1. The molecule has 2 aromatic carbocycles. The molecule has 5 nitrogen and oxygen atoms in total. The molecule has 0 aliphatic heterocycles. The molecule has 0 fully saturated rings. The Kier molecular flexibility index (Phi) is 5.41. The molecule has 0 heterocycles. The van der Waals surface area contributed by atoms with Crippen molar-refractivity contribution in [2.24, 2.45) is 0 Å². The smallest absolute Gasteiger partial charge is 0.349 e. The second-order valence-electron chi connectivity index (χ2n) is 6.17. The number of ether oxygens (including phenoxy) is 2. The van der Waals surface area contributed by atoms with E-state index >= 15 is 0 Å². The minimum Gasteiger partial charge on any atom is -0.476 e. The van der Waals surface area contributed by atoms with E-state index in [0.717, 1.165) is 5.56 Å². The second kappa shape index (κ2) is 9.42. The molecule has 2 rings (SSSR count). The van der Waals surface area contributed by atoms with Gasteiger partial charge in [0.15, 0.2) is 5.60 Å². The van der Waals surface area contributed by atoms with Gasteiger partial charge in [-0.25, -0.2) is 4.79 Å². The molecule has 0 aromatic heterocycles. The number of hydrogen-bond donors (Lipinski definition) is 1. The van der Waals surface area contributed by atoms with Crippen molar-refractivity contribution in [3.8, 4) is 5.75 Å². The van der Waals surface area contributed by atoms with Crippen molar-refractivity contribution in [3.05, 3.63) is 64.6 Å². The van der Waals surface area contributed by atoms with Crippen LogP contribution in [-0.2, 0) is 16.0 Å². The molecule has 0 radical (unpaired) electrons. The minimum absolute atomic E-state index is 0.218. The van der Waals surface area contributed by atoms with E-state index in [1.807, 2.05) is 0 Å². The Morgan fingerprint density at radius 2 is 1.78 bits per heavy atom. The summed E-state index contributed by atoms with van der Waals surface area (Å²) in [5.41, 5.74) is -0.582. The molecule has 6 heteroatoms. The van der Waals surface area contributed by atoms with Crippen LogP contribution in [0, 0.1) is 0 Å². The number of halogens is 1.